The van der Waals surface area contributed by atoms with Gasteiger partial charge >= 0.3 is 0 Å². The van der Waals surface area contributed by atoms with E-state index in [1.54, 1.807) is 18.5 Å². The summed E-state index contributed by atoms with van der Waals surface area (Å²) >= 11 is 1.32. The highest BCUT2D eigenvalue weighted by molar-refractivity contribution is 7.17. The van der Waals surface area contributed by atoms with E-state index in [1.165, 1.54) is 24.2 Å². The number of nitrogens with one attached hydrogen (secondary N) is 1. The van der Waals surface area contributed by atoms with Crippen molar-refractivity contribution in [3.05, 3.63) is 58.9 Å². The highest BCUT2D eigenvalue weighted by Gasteiger charge is 2.19. The number of aromatic nitrogens is 3. The highest BCUT2D eigenvalue weighted by Crippen LogP contribution is 2.27. The molecule has 1 saturated heterocycles. The van der Waals surface area contributed by atoms with Gasteiger partial charge in [0.25, 0.3) is 5.91 Å². The van der Waals surface area contributed by atoms with E-state index in [2.05, 4.69) is 31.2 Å². The highest BCUT2D eigenvalue weighted by atomic mass is 32.1. The molecule has 0 bridgehead atoms. The fraction of sp³-hybridized carbons (Fsp3) is 0.300. The van der Waals surface area contributed by atoms with E-state index in [0.29, 0.717) is 21.4 Å². The third-order valence-corrected chi connectivity index (χ3v) is 5.77. The minimum atomic E-state index is -0.138. The summed E-state index contributed by atoms with van der Waals surface area (Å²) in [6.45, 7) is 4.95. The molecule has 0 atom stereocenters. The second kappa shape index (κ2) is 7.94. The summed E-state index contributed by atoms with van der Waals surface area (Å²) in [6.07, 6.45) is 5.85. The number of likely N-dealkylation sites (tertiary alicyclic amines) is 1. The van der Waals surface area contributed by atoms with Crippen LogP contribution in [-0.2, 0) is 6.54 Å². The van der Waals surface area contributed by atoms with Crippen molar-refractivity contribution >= 4 is 22.9 Å². The zero-order valence-corrected chi connectivity index (χ0v) is 16.0. The number of aryl methyl sites for hydroxylation is 1. The summed E-state index contributed by atoms with van der Waals surface area (Å²) in [5.74, 6) is 0.403. The molecule has 6 nitrogen and oxygen atoms in total. The molecular formula is C20H21N5OS. The second-order valence-corrected chi connectivity index (χ2v) is 7.60. The Hall–Kier alpha value is -2.64. The molecule has 1 amide bonds. The number of para-hydroxylation sites is 1. The molecule has 0 radical (unpaired) electrons. The van der Waals surface area contributed by atoms with Gasteiger partial charge in [0.15, 0.2) is 10.8 Å². The van der Waals surface area contributed by atoms with Crippen molar-refractivity contribution < 1.29 is 4.79 Å². The molecule has 0 saturated carbocycles. The van der Waals surface area contributed by atoms with Crippen molar-refractivity contribution in [1.29, 1.82) is 0 Å². The van der Waals surface area contributed by atoms with Crippen LogP contribution in [0.1, 0.15) is 33.8 Å². The van der Waals surface area contributed by atoms with Crippen molar-refractivity contribution in [2.75, 3.05) is 18.4 Å². The topological polar surface area (TPSA) is 71.0 Å². The van der Waals surface area contributed by atoms with Gasteiger partial charge in [0.2, 0.25) is 0 Å². The van der Waals surface area contributed by atoms with Gasteiger partial charge in [0.05, 0.1) is 5.69 Å². The van der Waals surface area contributed by atoms with Crippen LogP contribution in [0.2, 0.25) is 0 Å². The fourth-order valence-electron chi connectivity index (χ4n) is 3.25. The number of carbonyl (C=O) groups excluding carboxylic acids is 1. The third kappa shape index (κ3) is 4.04. The number of rotatable bonds is 5. The average Bonchev–Trinajstić information content (AvgIpc) is 3.34. The number of carbonyl (C=O) groups is 1. The quantitative estimate of drug-likeness (QED) is 0.731. The van der Waals surface area contributed by atoms with Gasteiger partial charge in [-0.1, -0.05) is 18.2 Å². The van der Waals surface area contributed by atoms with Gasteiger partial charge in [-0.25, -0.2) is 15.0 Å². The first-order valence-electron chi connectivity index (χ1n) is 9.07. The van der Waals surface area contributed by atoms with Crippen LogP contribution < -0.4 is 5.32 Å². The summed E-state index contributed by atoms with van der Waals surface area (Å²) in [4.78, 5) is 28.8. The molecule has 4 rings (SSSR count). The fourth-order valence-corrected chi connectivity index (χ4v) is 4.16. The molecule has 0 spiro atoms. The van der Waals surface area contributed by atoms with E-state index >= 15 is 0 Å². The zero-order valence-electron chi connectivity index (χ0n) is 15.2. The van der Waals surface area contributed by atoms with Gasteiger partial charge in [-0.3, -0.25) is 9.69 Å². The van der Waals surface area contributed by atoms with Gasteiger partial charge in [-0.2, -0.15) is 0 Å². The molecule has 7 heteroatoms. The van der Waals surface area contributed by atoms with Crippen molar-refractivity contribution in [3.63, 3.8) is 0 Å². The Morgan fingerprint density at radius 3 is 2.67 bits per heavy atom. The van der Waals surface area contributed by atoms with Gasteiger partial charge < -0.3 is 5.32 Å². The van der Waals surface area contributed by atoms with Crippen LogP contribution >= 0.6 is 11.3 Å². The molecule has 3 aromatic rings. The Kier molecular flexibility index (Phi) is 5.22. The summed E-state index contributed by atoms with van der Waals surface area (Å²) in [7, 11) is 0. The maximum Gasteiger partial charge on any atom is 0.267 e. The largest absolute Gasteiger partial charge is 0.321 e. The summed E-state index contributed by atoms with van der Waals surface area (Å²) < 4.78 is 0. The molecule has 0 aliphatic carbocycles. The van der Waals surface area contributed by atoms with Crippen molar-refractivity contribution in [1.82, 2.24) is 19.9 Å². The van der Waals surface area contributed by atoms with Crippen LogP contribution in [-0.4, -0.2) is 38.8 Å². The first-order valence-corrected chi connectivity index (χ1v) is 9.89. The normalized spacial score (nSPS) is 14.4. The first-order chi connectivity index (χ1) is 13.2. The zero-order chi connectivity index (χ0) is 18.6. The number of hydrogen-bond donors (Lipinski definition) is 1. The smallest absolute Gasteiger partial charge is 0.267 e. The Bertz CT molecular complexity index is 935. The van der Waals surface area contributed by atoms with Crippen LogP contribution in [0.15, 0.2) is 42.7 Å². The maximum atomic E-state index is 12.9. The lowest BCUT2D eigenvalue weighted by Gasteiger charge is -2.17. The average molecular weight is 379 g/mol. The SMILES string of the molecule is Cc1nc(-c2ncccn2)sc1C(=O)Nc1ccccc1CN1CCCC1. The molecular weight excluding hydrogens is 358 g/mol. The van der Waals surface area contributed by atoms with Gasteiger partial charge in [0, 0.05) is 24.6 Å². The second-order valence-electron chi connectivity index (χ2n) is 6.60. The Morgan fingerprint density at radius 1 is 1.15 bits per heavy atom. The molecule has 2 aromatic heterocycles. The Morgan fingerprint density at radius 2 is 1.89 bits per heavy atom. The molecule has 1 N–H and O–H groups in total. The lowest BCUT2D eigenvalue weighted by Crippen LogP contribution is -2.20. The molecule has 138 valence electrons. The number of hydrogen-bond acceptors (Lipinski definition) is 6. The van der Waals surface area contributed by atoms with Crippen LogP contribution in [0, 0.1) is 6.92 Å². The molecule has 1 aromatic carbocycles. The molecule has 3 heterocycles. The monoisotopic (exact) mass is 379 g/mol. The Labute approximate surface area is 162 Å². The number of anilines is 1. The molecule has 27 heavy (non-hydrogen) atoms. The Balaban J connectivity index is 1.54. The number of benzene rings is 1. The number of thiazole rings is 1. The molecule has 0 unspecified atom stereocenters. The van der Waals surface area contributed by atoms with E-state index in [9.17, 15) is 4.79 Å². The lowest BCUT2D eigenvalue weighted by molar-refractivity contribution is 0.102. The van der Waals surface area contributed by atoms with Gasteiger partial charge in [-0.05, 0) is 50.6 Å². The molecule has 1 aliphatic heterocycles. The van der Waals surface area contributed by atoms with Crippen molar-refractivity contribution in [2.24, 2.45) is 0 Å². The van der Waals surface area contributed by atoms with Crippen LogP contribution in [0.4, 0.5) is 5.69 Å². The minimum Gasteiger partial charge on any atom is -0.321 e. The summed E-state index contributed by atoms with van der Waals surface area (Å²) in [6, 6.07) is 9.77. The van der Waals surface area contributed by atoms with E-state index in [-0.39, 0.29) is 5.91 Å². The third-order valence-electron chi connectivity index (χ3n) is 4.62. The predicted molar refractivity (Wildman–Crippen MR) is 107 cm³/mol. The number of amides is 1. The van der Waals surface area contributed by atoms with E-state index in [0.717, 1.165) is 30.9 Å². The standard InChI is InChI=1S/C20H21N5OS/c1-14-17(27-20(23-14)18-21-9-6-10-22-18)19(26)24-16-8-3-2-7-15(16)13-25-11-4-5-12-25/h2-3,6-10H,4-5,11-13H2,1H3,(H,24,26). The first kappa shape index (κ1) is 17.8. The van der Waals surface area contributed by atoms with Crippen LogP contribution in [0.5, 0.6) is 0 Å². The summed E-state index contributed by atoms with van der Waals surface area (Å²) in [5.41, 5.74) is 2.69. The van der Waals surface area contributed by atoms with E-state index in [1.807, 2.05) is 25.1 Å². The maximum absolute atomic E-state index is 12.9. The minimum absolute atomic E-state index is 0.138. The van der Waals surface area contributed by atoms with Gasteiger partial charge in [-0.15, -0.1) is 11.3 Å². The predicted octanol–water partition coefficient (Wildman–Crippen LogP) is 3.76. The molecule has 1 aliphatic rings. The van der Waals surface area contributed by atoms with E-state index in [4.69, 9.17) is 0 Å². The van der Waals surface area contributed by atoms with Crippen LogP contribution in [0.3, 0.4) is 0 Å². The van der Waals surface area contributed by atoms with Crippen molar-refractivity contribution in [2.45, 2.75) is 26.3 Å². The van der Waals surface area contributed by atoms with Crippen LogP contribution in [0.25, 0.3) is 10.8 Å². The summed E-state index contributed by atoms with van der Waals surface area (Å²) in [5, 5.41) is 3.73. The van der Waals surface area contributed by atoms with Crippen molar-refractivity contribution in [3.8, 4) is 10.8 Å². The van der Waals surface area contributed by atoms with Gasteiger partial charge in [0.1, 0.15) is 4.88 Å². The molecule has 1 fully saturated rings. The number of nitrogens with zero attached hydrogens (tertiary/aromatic N) is 4. The van der Waals surface area contributed by atoms with E-state index < -0.39 is 0 Å². The lowest BCUT2D eigenvalue weighted by atomic mass is 10.1.